The Morgan fingerprint density at radius 2 is 1.59 bits per heavy atom. The largest absolute Gasteiger partial charge is 0.459 e. The Balaban J connectivity index is 1.70. The molecule has 2 aromatic carbocycles. The van der Waals surface area contributed by atoms with Crippen molar-refractivity contribution in [2.24, 2.45) is 5.92 Å². The van der Waals surface area contributed by atoms with Gasteiger partial charge in [-0.15, -0.1) is 0 Å². The van der Waals surface area contributed by atoms with Gasteiger partial charge in [-0.3, -0.25) is 14.4 Å². The molecule has 3 amide bonds. The van der Waals surface area contributed by atoms with Crippen LogP contribution in [-0.4, -0.2) is 23.8 Å². The number of aryl methyl sites for hydroxylation is 1. The van der Waals surface area contributed by atoms with Gasteiger partial charge in [-0.2, -0.15) is 0 Å². The van der Waals surface area contributed by atoms with Gasteiger partial charge in [0.2, 0.25) is 5.91 Å². The van der Waals surface area contributed by atoms with E-state index in [9.17, 15) is 14.4 Å². The molecule has 32 heavy (non-hydrogen) atoms. The topological polar surface area (TPSA) is 100 Å². The summed E-state index contributed by atoms with van der Waals surface area (Å²) in [6.45, 7) is 5.84. The maximum absolute atomic E-state index is 13.0. The first-order valence-corrected chi connectivity index (χ1v) is 10.5. The van der Waals surface area contributed by atoms with Gasteiger partial charge in [-0.25, -0.2) is 0 Å². The van der Waals surface area contributed by atoms with Gasteiger partial charge >= 0.3 is 0 Å². The molecule has 7 nitrogen and oxygen atoms in total. The molecule has 0 aliphatic carbocycles. The average molecular weight is 434 g/mol. The number of benzene rings is 2. The first-order chi connectivity index (χ1) is 15.3. The lowest BCUT2D eigenvalue weighted by atomic mass is 10.0. The molecule has 0 spiro atoms. The number of carbonyl (C=O) groups excluding carboxylic acids is 3. The summed E-state index contributed by atoms with van der Waals surface area (Å²) in [6.07, 6.45) is 1.91. The van der Waals surface area contributed by atoms with Crippen LogP contribution < -0.4 is 16.0 Å². The predicted octanol–water partition coefficient (Wildman–Crippen LogP) is 4.62. The summed E-state index contributed by atoms with van der Waals surface area (Å²) < 4.78 is 5.09. The Kier molecular flexibility index (Phi) is 7.44. The van der Waals surface area contributed by atoms with Crippen LogP contribution in [-0.2, 0) is 4.79 Å². The molecule has 1 atom stereocenters. The van der Waals surface area contributed by atoms with Crippen LogP contribution in [0.3, 0.4) is 0 Å². The maximum atomic E-state index is 13.0. The van der Waals surface area contributed by atoms with Crippen molar-refractivity contribution >= 4 is 29.1 Å². The van der Waals surface area contributed by atoms with Crippen LogP contribution in [0.25, 0.3) is 0 Å². The van der Waals surface area contributed by atoms with Crippen molar-refractivity contribution in [1.82, 2.24) is 5.32 Å². The Hall–Kier alpha value is -3.87. The van der Waals surface area contributed by atoms with Gasteiger partial charge < -0.3 is 20.4 Å². The van der Waals surface area contributed by atoms with Gasteiger partial charge in [0.25, 0.3) is 11.8 Å². The number of nitrogens with one attached hydrogen (secondary N) is 3. The van der Waals surface area contributed by atoms with Crippen molar-refractivity contribution in [2.75, 3.05) is 10.6 Å². The Bertz CT molecular complexity index is 1090. The molecule has 3 aromatic rings. The van der Waals surface area contributed by atoms with E-state index in [0.717, 1.165) is 5.56 Å². The molecule has 0 aliphatic heterocycles. The van der Waals surface area contributed by atoms with Crippen LogP contribution in [0.1, 0.15) is 46.7 Å². The van der Waals surface area contributed by atoms with Gasteiger partial charge in [0.15, 0.2) is 5.76 Å². The van der Waals surface area contributed by atoms with Crippen molar-refractivity contribution in [2.45, 2.75) is 33.2 Å². The molecule has 166 valence electrons. The normalized spacial score (nSPS) is 11.6. The minimum absolute atomic E-state index is 0.190. The lowest BCUT2D eigenvalue weighted by Gasteiger charge is -2.21. The monoisotopic (exact) mass is 433 g/mol. The molecular formula is C25H27N3O4. The van der Waals surface area contributed by atoms with E-state index in [1.165, 1.54) is 6.26 Å². The molecule has 0 fully saturated rings. The van der Waals surface area contributed by atoms with E-state index in [0.29, 0.717) is 23.4 Å². The SMILES string of the molecule is Cc1ccccc1C(=O)NC(CC(C)C)C(=O)Nc1cccc(NC(=O)c2ccco2)c1. The van der Waals surface area contributed by atoms with Gasteiger partial charge in [0.05, 0.1) is 6.26 Å². The van der Waals surface area contributed by atoms with Crippen molar-refractivity contribution in [3.8, 4) is 0 Å². The smallest absolute Gasteiger partial charge is 0.291 e. The molecule has 0 saturated heterocycles. The van der Waals surface area contributed by atoms with Gasteiger partial charge in [-0.1, -0.05) is 38.1 Å². The van der Waals surface area contributed by atoms with Crippen molar-refractivity contribution in [3.05, 3.63) is 83.8 Å². The van der Waals surface area contributed by atoms with E-state index < -0.39 is 6.04 Å². The highest BCUT2D eigenvalue weighted by Crippen LogP contribution is 2.18. The number of carbonyl (C=O) groups is 3. The van der Waals surface area contributed by atoms with Crippen LogP contribution in [0.2, 0.25) is 0 Å². The zero-order valence-electron chi connectivity index (χ0n) is 18.3. The highest BCUT2D eigenvalue weighted by atomic mass is 16.3. The third-order valence-corrected chi connectivity index (χ3v) is 4.85. The molecular weight excluding hydrogens is 406 g/mol. The van der Waals surface area contributed by atoms with E-state index in [-0.39, 0.29) is 29.4 Å². The highest BCUT2D eigenvalue weighted by molar-refractivity contribution is 6.04. The molecule has 7 heteroatoms. The summed E-state index contributed by atoms with van der Waals surface area (Å²) in [5.74, 6) is -0.614. The van der Waals surface area contributed by atoms with Crippen molar-refractivity contribution in [3.63, 3.8) is 0 Å². The fourth-order valence-corrected chi connectivity index (χ4v) is 3.27. The van der Waals surface area contributed by atoms with Crippen LogP contribution in [0.15, 0.2) is 71.3 Å². The summed E-state index contributed by atoms with van der Waals surface area (Å²) >= 11 is 0. The Morgan fingerprint density at radius 1 is 0.875 bits per heavy atom. The molecule has 1 unspecified atom stereocenters. The molecule has 0 bridgehead atoms. The number of amides is 3. The minimum atomic E-state index is -0.705. The molecule has 0 saturated carbocycles. The molecule has 1 aromatic heterocycles. The number of hydrogen-bond acceptors (Lipinski definition) is 4. The summed E-state index contributed by atoms with van der Waals surface area (Å²) in [5.41, 5.74) is 2.39. The van der Waals surface area contributed by atoms with Crippen LogP contribution in [0.5, 0.6) is 0 Å². The second-order valence-corrected chi connectivity index (χ2v) is 7.97. The zero-order chi connectivity index (χ0) is 23.1. The van der Waals surface area contributed by atoms with Crippen LogP contribution in [0.4, 0.5) is 11.4 Å². The predicted molar refractivity (Wildman–Crippen MR) is 124 cm³/mol. The molecule has 0 radical (unpaired) electrons. The molecule has 3 rings (SSSR count). The van der Waals surface area contributed by atoms with Crippen LogP contribution in [0, 0.1) is 12.8 Å². The van der Waals surface area contributed by atoms with Gasteiger partial charge in [-0.05, 0) is 61.2 Å². The van der Waals surface area contributed by atoms with Crippen molar-refractivity contribution < 1.29 is 18.8 Å². The lowest BCUT2D eigenvalue weighted by molar-refractivity contribution is -0.118. The number of rotatable bonds is 8. The van der Waals surface area contributed by atoms with E-state index in [1.54, 1.807) is 48.5 Å². The molecule has 1 heterocycles. The average Bonchev–Trinajstić information content (AvgIpc) is 3.28. The summed E-state index contributed by atoms with van der Waals surface area (Å²) in [6, 6.07) is 16.5. The Morgan fingerprint density at radius 3 is 2.25 bits per heavy atom. The summed E-state index contributed by atoms with van der Waals surface area (Å²) in [4.78, 5) is 37.9. The molecule has 0 aliphatic rings. The van der Waals surface area contributed by atoms with E-state index in [1.807, 2.05) is 32.9 Å². The third-order valence-electron chi connectivity index (χ3n) is 4.85. The number of furan rings is 1. The first kappa shape index (κ1) is 22.8. The van der Waals surface area contributed by atoms with Crippen molar-refractivity contribution in [1.29, 1.82) is 0 Å². The van der Waals surface area contributed by atoms with E-state index in [2.05, 4.69) is 16.0 Å². The summed E-state index contributed by atoms with van der Waals surface area (Å²) in [7, 11) is 0. The fourth-order valence-electron chi connectivity index (χ4n) is 3.27. The lowest BCUT2D eigenvalue weighted by Crippen LogP contribution is -2.44. The van der Waals surface area contributed by atoms with Gasteiger partial charge in [0, 0.05) is 16.9 Å². The van der Waals surface area contributed by atoms with E-state index in [4.69, 9.17) is 4.42 Å². The molecule has 3 N–H and O–H groups in total. The van der Waals surface area contributed by atoms with Gasteiger partial charge in [0.1, 0.15) is 6.04 Å². The maximum Gasteiger partial charge on any atom is 0.291 e. The summed E-state index contributed by atoms with van der Waals surface area (Å²) in [5, 5.41) is 8.42. The highest BCUT2D eigenvalue weighted by Gasteiger charge is 2.23. The van der Waals surface area contributed by atoms with E-state index >= 15 is 0 Å². The van der Waals surface area contributed by atoms with Crippen LogP contribution >= 0.6 is 0 Å². The number of hydrogen-bond donors (Lipinski definition) is 3. The second kappa shape index (κ2) is 10.4. The third kappa shape index (κ3) is 6.07. The zero-order valence-corrected chi connectivity index (χ0v) is 18.3. The first-order valence-electron chi connectivity index (χ1n) is 10.5. The number of anilines is 2. The second-order valence-electron chi connectivity index (χ2n) is 7.97. The Labute approximate surface area is 187 Å². The minimum Gasteiger partial charge on any atom is -0.459 e. The fraction of sp³-hybridized carbons (Fsp3) is 0.240. The quantitative estimate of drug-likeness (QED) is 0.482. The standard InChI is InChI=1S/C25H27N3O4/c1-16(2)14-21(28-23(29)20-11-5-4-8-17(20)3)24(30)26-18-9-6-10-19(15-18)27-25(31)22-12-7-13-32-22/h4-13,15-16,21H,14H2,1-3H3,(H,26,30)(H,27,31)(H,28,29).